The quantitative estimate of drug-likeness (QED) is 0.651. The Hall–Kier alpha value is -2.53. The first-order valence-electron chi connectivity index (χ1n) is 9.54. The molecular weight excluding hydrogens is 340 g/mol. The predicted molar refractivity (Wildman–Crippen MR) is 105 cm³/mol. The normalized spacial score (nSPS) is 15.9. The first-order valence-corrected chi connectivity index (χ1v) is 9.54. The van der Waals surface area contributed by atoms with Crippen molar-refractivity contribution in [2.45, 2.75) is 25.8 Å². The Balaban J connectivity index is 1.40. The summed E-state index contributed by atoms with van der Waals surface area (Å²) in [6.45, 7) is 3.30. The van der Waals surface area contributed by atoms with Gasteiger partial charge in [0.2, 0.25) is 11.3 Å². The van der Waals surface area contributed by atoms with Gasteiger partial charge in [-0.2, -0.15) is 0 Å². The van der Waals surface area contributed by atoms with Crippen LogP contribution in [0.2, 0.25) is 0 Å². The van der Waals surface area contributed by atoms with Crippen molar-refractivity contribution >= 4 is 11.0 Å². The molecule has 0 unspecified atom stereocenters. The van der Waals surface area contributed by atoms with Crippen molar-refractivity contribution in [2.24, 2.45) is 5.92 Å². The number of rotatable bonds is 6. The number of likely N-dealkylation sites (tertiary alicyclic amines) is 1. The summed E-state index contributed by atoms with van der Waals surface area (Å²) in [5.41, 5.74) is 3.08. The monoisotopic (exact) mass is 366 g/mol. The summed E-state index contributed by atoms with van der Waals surface area (Å²) >= 11 is 0. The van der Waals surface area contributed by atoms with E-state index in [0.717, 1.165) is 37.1 Å². The number of ether oxygens (including phenoxy) is 2. The van der Waals surface area contributed by atoms with Crippen LogP contribution in [0.3, 0.4) is 0 Å². The van der Waals surface area contributed by atoms with E-state index < -0.39 is 0 Å². The lowest BCUT2D eigenvalue weighted by Gasteiger charge is -2.31. The highest BCUT2D eigenvalue weighted by Crippen LogP contribution is 2.37. The van der Waals surface area contributed by atoms with Crippen molar-refractivity contribution in [3.8, 4) is 11.5 Å². The van der Waals surface area contributed by atoms with Gasteiger partial charge >= 0.3 is 0 Å². The van der Waals surface area contributed by atoms with E-state index in [1.807, 2.05) is 12.1 Å². The molecule has 2 heterocycles. The highest BCUT2D eigenvalue weighted by molar-refractivity contribution is 5.87. The van der Waals surface area contributed by atoms with Gasteiger partial charge in [0.1, 0.15) is 0 Å². The highest BCUT2D eigenvalue weighted by atomic mass is 16.5. The SMILES string of the molecule is COc1ccc2c(CC3CCN(Cc4ccccc4)CC3)noc2c1OC. The van der Waals surface area contributed by atoms with Crippen molar-refractivity contribution in [1.29, 1.82) is 0 Å². The second-order valence-corrected chi connectivity index (χ2v) is 7.22. The average molecular weight is 366 g/mol. The second-order valence-electron chi connectivity index (χ2n) is 7.22. The van der Waals surface area contributed by atoms with Crippen LogP contribution in [-0.2, 0) is 13.0 Å². The number of piperidine rings is 1. The Morgan fingerprint density at radius 2 is 1.81 bits per heavy atom. The third-order valence-corrected chi connectivity index (χ3v) is 5.50. The van der Waals surface area contributed by atoms with Crippen LogP contribution in [0, 0.1) is 5.92 Å². The molecular formula is C22H26N2O3. The Kier molecular flexibility index (Phi) is 5.30. The maximum Gasteiger partial charge on any atom is 0.212 e. The van der Waals surface area contributed by atoms with Crippen molar-refractivity contribution < 1.29 is 14.0 Å². The zero-order chi connectivity index (χ0) is 18.6. The molecule has 142 valence electrons. The number of hydrogen-bond acceptors (Lipinski definition) is 5. The Morgan fingerprint density at radius 3 is 2.52 bits per heavy atom. The first kappa shape index (κ1) is 17.9. The average Bonchev–Trinajstić information content (AvgIpc) is 3.12. The Labute approximate surface area is 159 Å². The van der Waals surface area contributed by atoms with Gasteiger partial charge in [0.05, 0.1) is 19.9 Å². The third-order valence-electron chi connectivity index (χ3n) is 5.50. The van der Waals surface area contributed by atoms with Crippen LogP contribution in [0.15, 0.2) is 47.0 Å². The van der Waals surface area contributed by atoms with Gasteiger partial charge in [-0.25, -0.2) is 0 Å². The Morgan fingerprint density at radius 1 is 1.04 bits per heavy atom. The molecule has 0 saturated carbocycles. The first-order chi connectivity index (χ1) is 13.3. The molecule has 1 aromatic heterocycles. The minimum Gasteiger partial charge on any atom is -0.493 e. The van der Waals surface area contributed by atoms with Crippen LogP contribution >= 0.6 is 0 Å². The van der Waals surface area contributed by atoms with E-state index >= 15 is 0 Å². The number of nitrogens with zero attached hydrogens (tertiary/aromatic N) is 2. The van der Waals surface area contributed by atoms with Gasteiger partial charge in [0.15, 0.2) is 5.75 Å². The minimum atomic E-state index is 0.617. The zero-order valence-corrected chi connectivity index (χ0v) is 16.0. The summed E-state index contributed by atoms with van der Waals surface area (Å²) < 4.78 is 16.4. The van der Waals surface area contributed by atoms with Gasteiger partial charge in [-0.05, 0) is 56.0 Å². The van der Waals surface area contributed by atoms with Crippen LogP contribution in [0.4, 0.5) is 0 Å². The molecule has 1 saturated heterocycles. The van der Waals surface area contributed by atoms with Crippen molar-refractivity contribution in [3.63, 3.8) is 0 Å². The highest BCUT2D eigenvalue weighted by Gasteiger charge is 2.23. The van der Waals surface area contributed by atoms with E-state index in [1.54, 1.807) is 14.2 Å². The molecule has 5 nitrogen and oxygen atoms in total. The fraction of sp³-hybridized carbons (Fsp3) is 0.409. The molecule has 5 heteroatoms. The van der Waals surface area contributed by atoms with Crippen molar-refractivity contribution in [2.75, 3.05) is 27.3 Å². The lowest BCUT2D eigenvalue weighted by molar-refractivity contribution is 0.176. The van der Waals surface area contributed by atoms with E-state index in [9.17, 15) is 0 Å². The maximum absolute atomic E-state index is 5.59. The van der Waals surface area contributed by atoms with Crippen LogP contribution in [0.25, 0.3) is 11.0 Å². The van der Waals surface area contributed by atoms with Crippen LogP contribution in [0.1, 0.15) is 24.1 Å². The molecule has 0 aliphatic carbocycles. The topological polar surface area (TPSA) is 47.7 Å². The second kappa shape index (κ2) is 8.01. The molecule has 27 heavy (non-hydrogen) atoms. The molecule has 2 aromatic carbocycles. The van der Waals surface area contributed by atoms with Crippen LogP contribution < -0.4 is 9.47 Å². The molecule has 0 bridgehead atoms. The van der Waals surface area contributed by atoms with Gasteiger partial charge in [-0.1, -0.05) is 35.5 Å². The molecule has 0 radical (unpaired) electrons. The van der Waals surface area contributed by atoms with E-state index in [2.05, 4.69) is 40.4 Å². The van der Waals surface area contributed by atoms with Gasteiger partial charge in [-0.15, -0.1) is 0 Å². The Bertz CT molecular complexity index is 883. The largest absolute Gasteiger partial charge is 0.493 e. The molecule has 0 amide bonds. The van der Waals surface area contributed by atoms with E-state index in [1.165, 1.54) is 18.4 Å². The molecule has 1 aliphatic rings. The summed E-state index contributed by atoms with van der Waals surface area (Å²) in [6, 6.07) is 14.6. The fourth-order valence-corrected chi connectivity index (χ4v) is 3.98. The smallest absolute Gasteiger partial charge is 0.212 e. The van der Waals surface area contributed by atoms with Gasteiger partial charge in [-0.3, -0.25) is 4.90 Å². The third kappa shape index (κ3) is 3.78. The van der Waals surface area contributed by atoms with E-state index in [0.29, 0.717) is 23.0 Å². The zero-order valence-electron chi connectivity index (χ0n) is 16.0. The lowest BCUT2D eigenvalue weighted by Crippen LogP contribution is -2.33. The number of hydrogen-bond donors (Lipinski definition) is 0. The lowest BCUT2D eigenvalue weighted by atomic mass is 9.91. The van der Waals surface area contributed by atoms with Crippen molar-refractivity contribution in [3.05, 3.63) is 53.7 Å². The minimum absolute atomic E-state index is 0.617. The molecule has 0 spiro atoms. The van der Waals surface area contributed by atoms with Crippen molar-refractivity contribution in [1.82, 2.24) is 10.1 Å². The molecule has 1 aliphatic heterocycles. The number of benzene rings is 2. The van der Waals surface area contributed by atoms with E-state index in [4.69, 9.17) is 14.0 Å². The molecule has 3 aromatic rings. The number of fused-ring (bicyclic) bond motifs is 1. The predicted octanol–water partition coefficient (Wildman–Crippen LogP) is 4.30. The number of aromatic nitrogens is 1. The molecule has 0 atom stereocenters. The van der Waals surface area contributed by atoms with Crippen LogP contribution in [0.5, 0.6) is 11.5 Å². The van der Waals surface area contributed by atoms with Gasteiger partial charge in [0.25, 0.3) is 0 Å². The summed E-state index contributed by atoms with van der Waals surface area (Å²) in [5.74, 6) is 1.92. The van der Waals surface area contributed by atoms with E-state index in [-0.39, 0.29) is 0 Å². The number of methoxy groups -OCH3 is 2. The summed E-state index contributed by atoms with van der Waals surface area (Å²) in [5, 5.41) is 5.36. The van der Waals surface area contributed by atoms with Crippen LogP contribution in [-0.4, -0.2) is 37.4 Å². The summed E-state index contributed by atoms with van der Waals surface area (Å²) in [7, 11) is 3.26. The maximum atomic E-state index is 5.59. The molecule has 1 fully saturated rings. The summed E-state index contributed by atoms with van der Waals surface area (Å²) in [6.07, 6.45) is 3.32. The van der Waals surface area contributed by atoms with Gasteiger partial charge in [0, 0.05) is 11.9 Å². The molecule has 4 rings (SSSR count). The van der Waals surface area contributed by atoms with Gasteiger partial charge < -0.3 is 14.0 Å². The fourth-order valence-electron chi connectivity index (χ4n) is 3.98. The molecule has 0 N–H and O–H groups in total. The summed E-state index contributed by atoms with van der Waals surface area (Å²) in [4.78, 5) is 2.54. The standard InChI is InChI=1S/C22H26N2O3/c1-25-20-9-8-18-19(23-27-21(18)22(20)26-2)14-16-10-12-24(13-11-16)15-17-6-4-3-5-7-17/h3-9,16H,10-15H2,1-2H3.